The lowest BCUT2D eigenvalue weighted by atomic mass is 9.96. The molecule has 1 rings (SSSR count). The average Bonchev–Trinajstić information content (AvgIpc) is 2.47. The summed E-state index contributed by atoms with van der Waals surface area (Å²) in [6, 6.07) is 0. The van der Waals surface area contributed by atoms with Crippen molar-refractivity contribution >= 4 is 11.3 Å². The van der Waals surface area contributed by atoms with E-state index in [1.165, 1.54) is 0 Å². The van der Waals surface area contributed by atoms with E-state index < -0.39 is 0 Å². The molecular formula is C10H18N2OS. The average molecular weight is 214 g/mol. The monoisotopic (exact) mass is 214 g/mol. The molecule has 0 radical (unpaired) electrons. The molecule has 0 aliphatic rings. The number of methoxy groups -OCH3 is 1. The lowest BCUT2D eigenvalue weighted by molar-refractivity contribution is 0.171. The van der Waals surface area contributed by atoms with Crippen LogP contribution in [0.3, 0.4) is 0 Å². The molecule has 0 spiro atoms. The quantitative estimate of drug-likeness (QED) is 0.812. The van der Waals surface area contributed by atoms with E-state index in [9.17, 15) is 0 Å². The van der Waals surface area contributed by atoms with Gasteiger partial charge in [0.2, 0.25) is 0 Å². The molecule has 0 aliphatic heterocycles. The molecule has 1 aromatic rings. The van der Waals surface area contributed by atoms with Crippen LogP contribution < -0.4 is 5.73 Å². The minimum Gasteiger partial charge on any atom is -0.385 e. The van der Waals surface area contributed by atoms with Gasteiger partial charge >= 0.3 is 0 Å². The lowest BCUT2D eigenvalue weighted by Crippen LogP contribution is -2.39. The fourth-order valence-corrected chi connectivity index (χ4v) is 2.22. The van der Waals surface area contributed by atoms with Crippen LogP contribution in [0, 0.1) is 6.92 Å². The topological polar surface area (TPSA) is 48.1 Å². The van der Waals surface area contributed by atoms with Crippen molar-refractivity contribution in [2.45, 2.75) is 32.2 Å². The molecule has 0 fully saturated rings. The number of thiazole rings is 1. The second-order valence-corrected chi connectivity index (χ2v) is 4.90. The van der Waals surface area contributed by atoms with Gasteiger partial charge in [0.15, 0.2) is 0 Å². The zero-order valence-corrected chi connectivity index (χ0v) is 9.86. The second-order valence-electron chi connectivity index (χ2n) is 3.96. The van der Waals surface area contributed by atoms with E-state index in [1.54, 1.807) is 18.4 Å². The first kappa shape index (κ1) is 11.6. The summed E-state index contributed by atoms with van der Waals surface area (Å²) in [6.07, 6.45) is 1.69. The Kier molecular flexibility index (Phi) is 4.04. The number of nitrogens with zero attached hydrogens (tertiary/aromatic N) is 1. The summed E-state index contributed by atoms with van der Waals surface area (Å²) in [6.45, 7) is 4.75. The van der Waals surface area contributed by atoms with E-state index in [0.717, 1.165) is 23.5 Å². The molecule has 2 N–H and O–H groups in total. The number of hydrogen-bond donors (Lipinski definition) is 1. The molecule has 3 nitrogen and oxygen atoms in total. The maximum atomic E-state index is 6.13. The predicted molar refractivity (Wildman–Crippen MR) is 59.6 cm³/mol. The zero-order chi connectivity index (χ0) is 10.6. The van der Waals surface area contributed by atoms with Crippen LogP contribution >= 0.6 is 11.3 Å². The minimum absolute atomic E-state index is 0.208. The van der Waals surface area contributed by atoms with Crippen LogP contribution in [0.5, 0.6) is 0 Å². The maximum absolute atomic E-state index is 6.13. The molecule has 0 amide bonds. The van der Waals surface area contributed by atoms with E-state index >= 15 is 0 Å². The highest BCUT2D eigenvalue weighted by molar-refractivity contribution is 7.09. The Morgan fingerprint density at radius 1 is 1.64 bits per heavy atom. The van der Waals surface area contributed by atoms with Gasteiger partial charge in [-0.3, -0.25) is 0 Å². The van der Waals surface area contributed by atoms with Crippen molar-refractivity contribution < 1.29 is 4.74 Å². The van der Waals surface area contributed by atoms with Gasteiger partial charge in [0, 0.05) is 36.8 Å². The fraction of sp³-hybridized carbons (Fsp3) is 0.700. The van der Waals surface area contributed by atoms with E-state index in [4.69, 9.17) is 10.5 Å². The summed E-state index contributed by atoms with van der Waals surface area (Å²) in [4.78, 5) is 4.40. The Hall–Kier alpha value is -0.450. The molecule has 0 bridgehead atoms. The zero-order valence-electron chi connectivity index (χ0n) is 9.04. The van der Waals surface area contributed by atoms with Gasteiger partial charge < -0.3 is 10.5 Å². The van der Waals surface area contributed by atoms with Crippen LogP contribution in [-0.4, -0.2) is 24.2 Å². The SMILES string of the molecule is COCCC(C)(N)Cc1nc(C)cs1. The number of rotatable bonds is 5. The molecule has 0 aliphatic carbocycles. The van der Waals surface area contributed by atoms with Crippen LogP contribution in [0.25, 0.3) is 0 Å². The van der Waals surface area contributed by atoms with E-state index in [1.807, 2.05) is 13.8 Å². The second kappa shape index (κ2) is 4.87. The van der Waals surface area contributed by atoms with E-state index in [2.05, 4.69) is 10.4 Å². The van der Waals surface area contributed by atoms with Gasteiger partial charge in [-0.15, -0.1) is 11.3 Å². The summed E-state index contributed by atoms with van der Waals surface area (Å²) in [5.74, 6) is 0. The Labute approximate surface area is 89.3 Å². The number of aromatic nitrogens is 1. The van der Waals surface area contributed by atoms with Crippen molar-refractivity contribution in [1.82, 2.24) is 4.98 Å². The normalized spacial score (nSPS) is 15.4. The highest BCUT2D eigenvalue weighted by Gasteiger charge is 2.20. The van der Waals surface area contributed by atoms with Gasteiger partial charge in [0.25, 0.3) is 0 Å². The molecular weight excluding hydrogens is 196 g/mol. The maximum Gasteiger partial charge on any atom is 0.0946 e. The van der Waals surface area contributed by atoms with E-state index in [-0.39, 0.29) is 5.54 Å². The van der Waals surface area contributed by atoms with Crippen molar-refractivity contribution in [2.24, 2.45) is 5.73 Å². The molecule has 0 aromatic carbocycles. The third kappa shape index (κ3) is 3.74. The van der Waals surface area contributed by atoms with Gasteiger partial charge in [0.05, 0.1) is 5.01 Å². The van der Waals surface area contributed by atoms with E-state index in [0.29, 0.717) is 6.61 Å². The molecule has 0 saturated heterocycles. The Morgan fingerprint density at radius 3 is 2.86 bits per heavy atom. The van der Waals surface area contributed by atoms with Crippen LogP contribution in [0.4, 0.5) is 0 Å². The molecule has 1 heterocycles. The van der Waals surface area contributed by atoms with Gasteiger partial charge in [-0.1, -0.05) is 0 Å². The molecule has 1 unspecified atom stereocenters. The lowest BCUT2D eigenvalue weighted by Gasteiger charge is -2.22. The summed E-state index contributed by atoms with van der Waals surface area (Å²) < 4.78 is 5.02. The number of hydrogen-bond acceptors (Lipinski definition) is 4. The van der Waals surface area contributed by atoms with Crippen molar-refractivity contribution in [3.8, 4) is 0 Å². The fourth-order valence-electron chi connectivity index (χ4n) is 1.25. The number of aryl methyl sites for hydroxylation is 1. The van der Waals surface area contributed by atoms with Gasteiger partial charge in [-0.05, 0) is 20.3 Å². The number of nitrogens with two attached hydrogens (primary N) is 1. The van der Waals surface area contributed by atoms with Gasteiger partial charge in [-0.25, -0.2) is 4.98 Å². The first-order valence-electron chi connectivity index (χ1n) is 4.72. The molecule has 1 aromatic heterocycles. The number of ether oxygens (including phenoxy) is 1. The molecule has 1 atom stereocenters. The van der Waals surface area contributed by atoms with Crippen molar-refractivity contribution in [3.63, 3.8) is 0 Å². The first-order chi connectivity index (χ1) is 6.53. The predicted octanol–water partition coefficient (Wildman–Crippen LogP) is 1.75. The Bertz CT molecular complexity index is 283. The van der Waals surface area contributed by atoms with Crippen molar-refractivity contribution in [2.75, 3.05) is 13.7 Å². The Morgan fingerprint density at radius 2 is 2.36 bits per heavy atom. The smallest absolute Gasteiger partial charge is 0.0946 e. The molecule has 0 saturated carbocycles. The van der Waals surface area contributed by atoms with Crippen molar-refractivity contribution in [1.29, 1.82) is 0 Å². The minimum atomic E-state index is -0.208. The van der Waals surface area contributed by atoms with Crippen LogP contribution in [-0.2, 0) is 11.2 Å². The molecule has 80 valence electrons. The summed E-state index contributed by atoms with van der Waals surface area (Å²) in [7, 11) is 1.70. The third-order valence-electron chi connectivity index (χ3n) is 2.10. The summed E-state index contributed by atoms with van der Waals surface area (Å²) in [5, 5.41) is 3.17. The first-order valence-corrected chi connectivity index (χ1v) is 5.60. The van der Waals surface area contributed by atoms with Crippen LogP contribution in [0.15, 0.2) is 5.38 Å². The molecule has 4 heteroatoms. The highest BCUT2D eigenvalue weighted by Crippen LogP contribution is 2.17. The van der Waals surface area contributed by atoms with Crippen LogP contribution in [0.2, 0.25) is 0 Å². The summed E-state index contributed by atoms with van der Waals surface area (Å²) >= 11 is 1.68. The standard InChI is InChI=1S/C10H18N2OS/c1-8-7-14-9(12-8)6-10(2,11)4-5-13-3/h7H,4-6,11H2,1-3H3. The van der Waals surface area contributed by atoms with Gasteiger partial charge in [0.1, 0.15) is 0 Å². The van der Waals surface area contributed by atoms with Crippen molar-refractivity contribution in [3.05, 3.63) is 16.1 Å². The third-order valence-corrected chi connectivity index (χ3v) is 3.07. The Balaban J connectivity index is 2.49. The summed E-state index contributed by atoms with van der Waals surface area (Å²) in [5.41, 5.74) is 7.00. The highest BCUT2D eigenvalue weighted by atomic mass is 32.1. The van der Waals surface area contributed by atoms with Gasteiger partial charge in [-0.2, -0.15) is 0 Å². The molecule has 14 heavy (non-hydrogen) atoms. The largest absolute Gasteiger partial charge is 0.385 e. The van der Waals surface area contributed by atoms with Crippen LogP contribution in [0.1, 0.15) is 24.0 Å².